The number of thiocarbonyl (C=S) groups is 1. The van der Waals surface area contributed by atoms with Gasteiger partial charge in [-0.25, -0.2) is 0 Å². The van der Waals surface area contributed by atoms with Crippen molar-refractivity contribution < 1.29 is 4.79 Å². The van der Waals surface area contributed by atoms with Crippen LogP contribution in [0.15, 0.2) is 0 Å². The lowest BCUT2D eigenvalue weighted by molar-refractivity contribution is 0.0958. The van der Waals surface area contributed by atoms with Gasteiger partial charge >= 0.3 is 0 Å². The van der Waals surface area contributed by atoms with Crippen LogP contribution >= 0.6 is 23.8 Å². The topological polar surface area (TPSA) is 80.9 Å². The maximum atomic E-state index is 11.4. The summed E-state index contributed by atoms with van der Waals surface area (Å²) in [5.41, 5.74) is 5.93. The van der Waals surface area contributed by atoms with Crippen molar-refractivity contribution in [2.24, 2.45) is 5.73 Å². The Morgan fingerprint density at radius 3 is 2.93 bits per heavy atom. The van der Waals surface area contributed by atoms with E-state index in [2.05, 4.69) is 27.1 Å². The lowest BCUT2D eigenvalue weighted by Gasteiger charge is -2.01. The first-order valence-electron chi connectivity index (χ1n) is 3.96. The summed E-state index contributed by atoms with van der Waals surface area (Å²) in [5, 5.41) is 6.42. The predicted octanol–water partition coefficient (Wildman–Crippen LogP) is 0.253. The van der Waals surface area contributed by atoms with E-state index in [0.29, 0.717) is 28.5 Å². The van der Waals surface area contributed by atoms with Crippen molar-refractivity contribution in [3.63, 3.8) is 0 Å². The van der Waals surface area contributed by atoms with Crippen LogP contribution in [0.25, 0.3) is 0 Å². The van der Waals surface area contributed by atoms with Gasteiger partial charge in [0.1, 0.15) is 4.88 Å². The van der Waals surface area contributed by atoms with Crippen LogP contribution in [-0.2, 0) is 0 Å². The molecule has 1 amide bonds. The first kappa shape index (κ1) is 11.0. The van der Waals surface area contributed by atoms with Crippen LogP contribution < -0.4 is 11.1 Å². The molecule has 1 aromatic heterocycles. The third-order valence-corrected chi connectivity index (χ3v) is 2.55. The number of nitrogens with two attached hydrogens (primary N) is 1. The smallest absolute Gasteiger partial charge is 0.264 e. The second-order valence-corrected chi connectivity index (χ2v) is 3.94. The minimum Gasteiger partial charge on any atom is -0.393 e. The van der Waals surface area contributed by atoms with E-state index in [1.54, 1.807) is 6.92 Å². The molecule has 5 nitrogen and oxygen atoms in total. The summed E-state index contributed by atoms with van der Waals surface area (Å²) in [5.74, 6) is -0.172. The van der Waals surface area contributed by atoms with Crippen LogP contribution in [-0.4, -0.2) is 27.0 Å². The van der Waals surface area contributed by atoms with E-state index in [1.165, 1.54) is 0 Å². The van der Waals surface area contributed by atoms with Crippen LogP contribution in [0.4, 0.5) is 0 Å². The highest BCUT2D eigenvalue weighted by atomic mass is 32.1. The van der Waals surface area contributed by atoms with Crippen molar-refractivity contribution in [3.8, 4) is 0 Å². The quantitative estimate of drug-likeness (QED) is 0.725. The lowest BCUT2D eigenvalue weighted by atomic mass is 10.3. The molecular formula is C7H10N4OS2. The van der Waals surface area contributed by atoms with E-state index in [9.17, 15) is 4.79 Å². The van der Waals surface area contributed by atoms with Gasteiger partial charge in [0.2, 0.25) is 0 Å². The summed E-state index contributed by atoms with van der Waals surface area (Å²) in [4.78, 5) is 12.4. The number of aromatic nitrogens is 2. The summed E-state index contributed by atoms with van der Waals surface area (Å²) in [6, 6.07) is 0. The fourth-order valence-electron chi connectivity index (χ4n) is 0.819. The fourth-order valence-corrected chi connectivity index (χ4v) is 1.49. The summed E-state index contributed by atoms with van der Waals surface area (Å²) < 4.78 is 3.67. The van der Waals surface area contributed by atoms with Crippen LogP contribution in [0.1, 0.15) is 21.8 Å². The maximum absolute atomic E-state index is 11.4. The molecular weight excluding hydrogens is 220 g/mol. The molecule has 0 aliphatic heterocycles. The molecule has 0 spiro atoms. The van der Waals surface area contributed by atoms with Gasteiger partial charge < -0.3 is 11.1 Å². The van der Waals surface area contributed by atoms with Crippen LogP contribution in [0.5, 0.6) is 0 Å². The van der Waals surface area contributed by atoms with E-state index < -0.39 is 0 Å². The number of amides is 1. The number of carbonyl (C=O) groups excluding carboxylic acids is 1. The number of rotatable bonds is 4. The SMILES string of the molecule is Cc1nnsc1C(=O)NCCC(N)=S. The first-order chi connectivity index (χ1) is 6.61. The van der Waals surface area contributed by atoms with Crippen molar-refractivity contribution in [1.82, 2.24) is 14.9 Å². The van der Waals surface area contributed by atoms with E-state index in [-0.39, 0.29) is 5.91 Å². The Bertz CT molecular complexity index is 349. The molecule has 0 atom stereocenters. The standard InChI is InChI=1S/C7H10N4OS2/c1-4-6(14-11-10-4)7(12)9-3-2-5(8)13/h2-3H2,1H3,(H2,8,13)(H,9,12). The molecule has 76 valence electrons. The molecule has 1 aromatic rings. The molecule has 0 radical (unpaired) electrons. The Balaban J connectivity index is 2.44. The summed E-state index contributed by atoms with van der Waals surface area (Å²) >= 11 is 5.76. The molecule has 0 aliphatic rings. The van der Waals surface area contributed by atoms with Crippen molar-refractivity contribution in [3.05, 3.63) is 10.6 Å². The van der Waals surface area contributed by atoms with Gasteiger partial charge in [0.05, 0.1) is 10.7 Å². The van der Waals surface area contributed by atoms with E-state index in [0.717, 1.165) is 11.5 Å². The third-order valence-electron chi connectivity index (χ3n) is 1.51. The largest absolute Gasteiger partial charge is 0.393 e. The Morgan fingerprint density at radius 2 is 2.43 bits per heavy atom. The van der Waals surface area contributed by atoms with Gasteiger partial charge in [-0.1, -0.05) is 16.7 Å². The molecule has 0 saturated heterocycles. The first-order valence-corrected chi connectivity index (χ1v) is 5.15. The Labute approximate surface area is 90.9 Å². The molecule has 14 heavy (non-hydrogen) atoms. The van der Waals surface area contributed by atoms with Gasteiger partial charge in [-0.15, -0.1) is 5.10 Å². The zero-order valence-electron chi connectivity index (χ0n) is 7.61. The average Bonchev–Trinajstić information content (AvgIpc) is 2.50. The van der Waals surface area contributed by atoms with Crippen LogP contribution in [0.3, 0.4) is 0 Å². The zero-order chi connectivity index (χ0) is 10.6. The van der Waals surface area contributed by atoms with Crippen LogP contribution in [0.2, 0.25) is 0 Å². The number of nitrogens with one attached hydrogen (secondary N) is 1. The third kappa shape index (κ3) is 3.00. The molecule has 0 bridgehead atoms. The highest BCUT2D eigenvalue weighted by molar-refractivity contribution is 7.80. The molecule has 1 rings (SSSR count). The van der Waals surface area contributed by atoms with Gasteiger partial charge in [0, 0.05) is 13.0 Å². The fraction of sp³-hybridized carbons (Fsp3) is 0.429. The molecule has 0 saturated carbocycles. The van der Waals surface area contributed by atoms with E-state index in [1.807, 2.05) is 0 Å². The number of nitrogens with zero attached hydrogens (tertiary/aromatic N) is 2. The second-order valence-electron chi connectivity index (χ2n) is 2.66. The normalized spacial score (nSPS) is 9.79. The number of aryl methyl sites for hydroxylation is 1. The van der Waals surface area contributed by atoms with Gasteiger partial charge in [-0.2, -0.15) is 0 Å². The maximum Gasteiger partial charge on any atom is 0.264 e. The molecule has 7 heteroatoms. The van der Waals surface area contributed by atoms with E-state index >= 15 is 0 Å². The lowest BCUT2D eigenvalue weighted by Crippen LogP contribution is -2.27. The molecule has 0 unspecified atom stereocenters. The monoisotopic (exact) mass is 230 g/mol. The summed E-state index contributed by atoms with van der Waals surface area (Å²) in [6.07, 6.45) is 0.506. The van der Waals surface area contributed by atoms with Gasteiger partial charge in [0.15, 0.2) is 0 Å². The highest BCUT2D eigenvalue weighted by Crippen LogP contribution is 2.07. The number of hydrogen-bond acceptors (Lipinski definition) is 5. The summed E-state index contributed by atoms with van der Waals surface area (Å²) in [6.45, 7) is 2.19. The van der Waals surface area contributed by atoms with Crippen molar-refractivity contribution in [1.29, 1.82) is 0 Å². The molecule has 0 aliphatic carbocycles. The van der Waals surface area contributed by atoms with Crippen molar-refractivity contribution in [2.45, 2.75) is 13.3 Å². The molecule has 3 N–H and O–H groups in total. The Morgan fingerprint density at radius 1 is 1.71 bits per heavy atom. The Hall–Kier alpha value is -1.08. The second kappa shape index (κ2) is 4.97. The molecule has 0 aromatic carbocycles. The number of hydrogen-bond donors (Lipinski definition) is 2. The Kier molecular flexibility index (Phi) is 3.90. The van der Waals surface area contributed by atoms with Gasteiger partial charge in [0.25, 0.3) is 5.91 Å². The molecule has 1 heterocycles. The van der Waals surface area contributed by atoms with Crippen molar-refractivity contribution >= 4 is 34.6 Å². The summed E-state index contributed by atoms with van der Waals surface area (Å²) in [7, 11) is 0. The minimum absolute atomic E-state index is 0.172. The minimum atomic E-state index is -0.172. The zero-order valence-corrected chi connectivity index (χ0v) is 9.24. The van der Waals surface area contributed by atoms with Crippen molar-refractivity contribution in [2.75, 3.05) is 6.54 Å². The van der Waals surface area contributed by atoms with E-state index in [4.69, 9.17) is 5.73 Å². The van der Waals surface area contributed by atoms with Crippen LogP contribution in [0, 0.1) is 6.92 Å². The number of carbonyl (C=O) groups is 1. The molecule has 0 fully saturated rings. The highest BCUT2D eigenvalue weighted by Gasteiger charge is 2.11. The van der Waals surface area contributed by atoms with Gasteiger partial charge in [-0.05, 0) is 18.5 Å². The van der Waals surface area contributed by atoms with Gasteiger partial charge in [-0.3, -0.25) is 4.79 Å². The predicted molar refractivity (Wildman–Crippen MR) is 58.4 cm³/mol. The average molecular weight is 230 g/mol.